The molecule has 0 aliphatic heterocycles. The Kier molecular flexibility index (Phi) is 2.75. The molecule has 68 valence electrons. The molecule has 0 amide bonds. The van der Waals surface area contributed by atoms with Crippen molar-refractivity contribution in [3.8, 4) is 6.07 Å². The second kappa shape index (κ2) is 3.99. The smallest absolute Gasteiger partial charge is 0.337 e. The topological polar surface area (TPSA) is 90.5 Å². The molecule has 0 aliphatic carbocycles. The highest BCUT2D eigenvalue weighted by atomic mass is 16.4. The lowest BCUT2D eigenvalue weighted by Crippen LogP contribution is -1.97. The SMILES string of the molecule is N#Cc1ccc(N=C=O)c(C(=O)O)c1. The first kappa shape index (κ1) is 9.65. The third-order valence-electron chi connectivity index (χ3n) is 1.52. The molecule has 5 heteroatoms. The van der Waals surface area contributed by atoms with E-state index in [0.29, 0.717) is 0 Å². The van der Waals surface area contributed by atoms with Crippen molar-refractivity contribution in [2.75, 3.05) is 0 Å². The summed E-state index contributed by atoms with van der Waals surface area (Å²) in [5, 5.41) is 17.2. The molecule has 0 radical (unpaired) electrons. The van der Waals surface area contributed by atoms with Crippen LogP contribution >= 0.6 is 0 Å². The summed E-state index contributed by atoms with van der Waals surface area (Å²) in [5.41, 5.74) is 0.00569. The highest BCUT2D eigenvalue weighted by molar-refractivity contribution is 5.94. The zero-order valence-corrected chi connectivity index (χ0v) is 6.89. The standard InChI is InChI=1S/C9H4N2O3/c10-4-6-1-2-8(11-5-12)7(3-6)9(13)14/h1-3H,(H,13,14). The Bertz CT molecular complexity index is 467. The minimum atomic E-state index is -1.24. The van der Waals surface area contributed by atoms with Crippen LogP contribution in [0.15, 0.2) is 23.2 Å². The Balaban J connectivity index is 3.39. The number of carbonyl (C=O) groups is 1. The average molecular weight is 188 g/mol. The molecule has 1 aromatic carbocycles. The van der Waals surface area contributed by atoms with Gasteiger partial charge < -0.3 is 5.11 Å². The van der Waals surface area contributed by atoms with Crippen LogP contribution in [0.3, 0.4) is 0 Å². The van der Waals surface area contributed by atoms with Gasteiger partial charge in [0, 0.05) is 0 Å². The summed E-state index contributed by atoms with van der Waals surface area (Å²) in [6, 6.07) is 5.60. The summed E-state index contributed by atoms with van der Waals surface area (Å²) in [6.45, 7) is 0. The van der Waals surface area contributed by atoms with Crippen LogP contribution in [0.25, 0.3) is 0 Å². The number of carboxylic acid groups (broad SMARTS) is 1. The number of rotatable bonds is 2. The number of benzene rings is 1. The van der Waals surface area contributed by atoms with E-state index in [1.165, 1.54) is 18.2 Å². The van der Waals surface area contributed by atoms with Crippen molar-refractivity contribution in [1.82, 2.24) is 0 Å². The van der Waals surface area contributed by atoms with Crippen LogP contribution in [0.5, 0.6) is 0 Å². The first-order chi connectivity index (χ1) is 6.69. The number of aromatic carboxylic acids is 1. The molecule has 1 rings (SSSR count). The number of hydrogen-bond acceptors (Lipinski definition) is 4. The van der Waals surface area contributed by atoms with Gasteiger partial charge in [-0.05, 0) is 18.2 Å². The lowest BCUT2D eigenvalue weighted by atomic mass is 10.1. The summed E-state index contributed by atoms with van der Waals surface area (Å²) < 4.78 is 0. The van der Waals surface area contributed by atoms with E-state index in [0.717, 1.165) is 6.07 Å². The number of aliphatic imine (C=N–C) groups is 1. The highest BCUT2D eigenvalue weighted by Crippen LogP contribution is 2.19. The molecule has 0 unspecified atom stereocenters. The first-order valence-electron chi connectivity index (χ1n) is 3.54. The molecule has 0 spiro atoms. The molecule has 5 nitrogen and oxygen atoms in total. The van der Waals surface area contributed by atoms with Gasteiger partial charge in [-0.1, -0.05) is 0 Å². The first-order valence-corrected chi connectivity index (χ1v) is 3.54. The van der Waals surface area contributed by atoms with Crippen LogP contribution in [-0.2, 0) is 4.79 Å². The van der Waals surface area contributed by atoms with E-state index in [1.807, 2.05) is 0 Å². The highest BCUT2D eigenvalue weighted by Gasteiger charge is 2.10. The predicted octanol–water partition coefficient (Wildman–Crippen LogP) is 1.22. The van der Waals surface area contributed by atoms with Gasteiger partial charge in [0.25, 0.3) is 0 Å². The molecule has 0 bridgehead atoms. The van der Waals surface area contributed by atoms with E-state index in [4.69, 9.17) is 10.4 Å². The van der Waals surface area contributed by atoms with Gasteiger partial charge in [0.1, 0.15) is 0 Å². The lowest BCUT2D eigenvalue weighted by molar-refractivity contribution is 0.0698. The third kappa shape index (κ3) is 1.83. The minimum absolute atomic E-state index is 0.00787. The van der Waals surface area contributed by atoms with Gasteiger partial charge in [-0.15, -0.1) is 0 Å². The quantitative estimate of drug-likeness (QED) is 0.558. The maximum atomic E-state index is 10.7. The molecule has 0 saturated heterocycles. The molecule has 1 aromatic rings. The van der Waals surface area contributed by atoms with Crippen molar-refractivity contribution in [1.29, 1.82) is 5.26 Å². The van der Waals surface area contributed by atoms with Crippen molar-refractivity contribution in [2.45, 2.75) is 0 Å². The monoisotopic (exact) mass is 188 g/mol. The Hall–Kier alpha value is -2.44. The lowest BCUT2D eigenvalue weighted by Gasteiger charge is -1.98. The van der Waals surface area contributed by atoms with Gasteiger partial charge in [0.2, 0.25) is 6.08 Å². The van der Waals surface area contributed by atoms with E-state index in [2.05, 4.69) is 4.99 Å². The fourth-order valence-corrected chi connectivity index (χ4v) is 0.924. The van der Waals surface area contributed by atoms with Crippen molar-refractivity contribution < 1.29 is 14.7 Å². The largest absolute Gasteiger partial charge is 0.478 e. The van der Waals surface area contributed by atoms with Crippen LogP contribution in [-0.4, -0.2) is 17.2 Å². The van der Waals surface area contributed by atoms with Crippen LogP contribution in [0, 0.1) is 11.3 Å². The van der Waals surface area contributed by atoms with Crippen molar-refractivity contribution >= 4 is 17.7 Å². The predicted molar refractivity (Wildman–Crippen MR) is 45.9 cm³/mol. The zero-order valence-electron chi connectivity index (χ0n) is 6.89. The normalized spacial score (nSPS) is 8.50. The number of nitriles is 1. The molecule has 0 aliphatic rings. The van der Waals surface area contributed by atoms with E-state index >= 15 is 0 Å². The molecular formula is C9H4N2O3. The Labute approximate surface area is 78.9 Å². The van der Waals surface area contributed by atoms with Crippen LogP contribution in [0.4, 0.5) is 5.69 Å². The molecule has 0 atom stereocenters. The number of isocyanates is 1. The molecule has 0 aromatic heterocycles. The fourth-order valence-electron chi connectivity index (χ4n) is 0.924. The number of nitrogens with zero attached hydrogens (tertiary/aromatic N) is 2. The molecule has 0 saturated carbocycles. The van der Waals surface area contributed by atoms with E-state index in [-0.39, 0.29) is 16.8 Å². The number of carboxylic acids is 1. The molecule has 14 heavy (non-hydrogen) atoms. The molecule has 0 heterocycles. The van der Waals surface area contributed by atoms with Crippen LogP contribution in [0.1, 0.15) is 15.9 Å². The molecule has 0 fully saturated rings. The van der Waals surface area contributed by atoms with Gasteiger partial charge in [0.15, 0.2) is 0 Å². The summed E-state index contributed by atoms with van der Waals surface area (Å²) in [5.74, 6) is -1.24. The third-order valence-corrected chi connectivity index (χ3v) is 1.52. The van der Waals surface area contributed by atoms with Crippen molar-refractivity contribution in [2.24, 2.45) is 4.99 Å². The Morgan fingerprint density at radius 2 is 2.21 bits per heavy atom. The molecule has 1 N–H and O–H groups in total. The average Bonchev–Trinajstić information content (AvgIpc) is 2.18. The van der Waals surface area contributed by atoms with E-state index in [9.17, 15) is 9.59 Å². The summed E-state index contributed by atoms with van der Waals surface area (Å²) >= 11 is 0. The van der Waals surface area contributed by atoms with Gasteiger partial charge in [-0.3, -0.25) is 0 Å². The minimum Gasteiger partial charge on any atom is -0.478 e. The second-order valence-corrected chi connectivity index (χ2v) is 2.35. The van der Waals surface area contributed by atoms with Crippen molar-refractivity contribution in [3.63, 3.8) is 0 Å². The maximum absolute atomic E-state index is 10.7. The second-order valence-electron chi connectivity index (χ2n) is 2.35. The van der Waals surface area contributed by atoms with Gasteiger partial charge in [0.05, 0.1) is 22.9 Å². The van der Waals surface area contributed by atoms with Gasteiger partial charge in [-0.2, -0.15) is 10.3 Å². The van der Waals surface area contributed by atoms with E-state index in [1.54, 1.807) is 6.07 Å². The molecular weight excluding hydrogens is 184 g/mol. The number of carbonyl (C=O) groups excluding carboxylic acids is 1. The van der Waals surface area contributed by atoms with Crippen LogP contribution < -0.4 is 0 Å². The summed E-state index contributed by atoms with van der Waals surface area (Å²) in [7, 11) is 0. The Morgan fingerprint density at radius 3 is 2.71 bits per heavy atom. The summed E-state index contributed by atoms with van der Waals surface area (Å²) in [6.07, 6.45) is 1.25. The summed E-state index contributed by atoms with van der Waals surface area (Å²) in [4.78, 5) is 23.8. The maximum Gasteiger partial charge on any atom is 0.337 e. The van der Waals surface area contributed by atoms with Crippen molar-refractivity contribution in [3.05, 3.63) is 29.3 Å². The Morgan fingerprint density at radius 1 is 1.50 bits per heavy atom. The van der Waals surface area contributed by atoms with E-state index < -0.39 is 5.97 Å². The van der Waals surface area contributed by atoms with Gasteiger partial charge >= 0.3 is 5.97 Å². The zero-order chi connectivity index (χ0) is 10.6. The fraction of sp³-hybridized carbons (Fsp3) is 0. The number of hydrogen-bond donors (Lipinski definition) is 1. The van der Waals surface area contributed by atoms with Gasteiger partial charge in [-0.25, -0.2) is 9.59 Å². The van der Waals surface area contributed by atoms with Crippen LogP contribution in [0.2, 0.25) is 0 Å².